The van der Waals surface area contributed by atoms with Gasteiger partial charge >= 0.3 is 0 Å². The van der Waals surface area contributed by atoms with Crippen molar-refractivity contribution in [2.24, 2.45) is 5.92 Å². The number of halogens is 1. The molecule has 2 nitrogen and oxygen atoms in total. The van der Waals surface area contributed by atoms with Crippen molar-refractivity contribution in [1.29, 1.82) is 0 Å². The zero-order valence-electron chi connectivity index (χ0n) is 11.7. The molecule has 1 aromatic rings. The maximum Gasteiger partial charge on any atom is 0.128 e. The van der Waals surface area contributed by atoms with Gasteiger partial charge in [0.25, 0.3) is 0 Å². The molecule has 0 amide bonds. The summed E-state index contributed by atoms with van der Waals surface area (Å²) in [7, 11) is 2.02. The monoisotopic (exact) mass is 250 g/mol. The van der Waals surface area contributed by atoms with Gasteiger partial charge in [-0.25, -0.2) is 4.39 Å². The van der Waals surface area contributed by atoms with Crippen molar-refractivity contribution in [3.8, 4) is 0 Å². The van der Waals surface area contributed by atoms with Crippen LogP contribution in [0.2, 0.25) is 0 Å². The molecule has 1 aromatic carbocycles. The summed E-state index contributed by atoms with van der Waals surface area (Å²) in [6.45, 7) is 7.28. The number of aryl methyl sites for hydroxylation is 1. The molecule has 0 aromatic heterocycles. The summed E-state index contributed by atoms with van der Waals surface area (Å²) in [5, 5.41) is 3.38. The number of anilines is 1. The molecule has 3 heteroatoms. The molecule has 1 fully saturated rings. The number of hydrogen-bond acceptors (Lipinski definition) is 2. The van der Waals surface area contributed by atoms with Gasteiger partial charge in [-0.2, -0.15) is 0 Å². The number of hydrogen-bond donors (Lipinski definition) is 1. The summed E-state index contributed by atoms with van der Waals surface area (Å²) in [6.07, 6.45) is 1.11. The molecular formula is C15H23FN2. The van der Waals surface area contributed by atoms with Crippen LogP contribution in [0.4, 0.5) is 10.1 Å². The Hall–Kier alpha value is -1.09. The maximum absolute atomic E-state index is 13.7. The first-order valence-corrected chi connectivity index (χ1v) is 6.74. The van der Waals surface area contributed by atoms with Gasteiger partial charge in [0.2, 0.25) is 0 Å². The van der Waals surface area contributed by atoms with E-state index in [0.29, 0.717) is 23.6 Å². The van der Waals surface area contributed by atoms with E-state index >= 15 is 0 Å². The molecule has 1 heterocycles. The van der Waals surface area contributed by atoms with Crippen LogP contribution in [0.25, 0.3) is 0 Å². The van der Waals surface area contributed by atoms with E-state index < -0.39 is 0 Å². The van der Waals surface area contributed by atoms with Crippen molar-refractivity contribution in [1.82, 2.24) is 5.32 Å². The molecule has 1 aliphatic rings. The smallest absolute Gasteiger partial charge is 0.128 e. The van der Waals surface area contributed by atoms with E-state index in [1.54, 1.807) is 13.0 Å². The summed E-state index contributed by atoms with van der Waals surface area (Å²) >= 11 is 0. The molecule has 2 rings (SSSR count). The molecule has 0 aliphatic carbocycles. The van der Waals surface area contributed by atoms with Crippen LogP contribution in [0.15, 0.2) is 18.2 Å². The second-order valence-corrected chi connectivity index (χ2v) is 5.41. The summed E-state index contributed by atoms with van der Waals surface area (Å²) in [6, 6.07) is 6.55. The van der Waals surface area contributed by atoms with Gasteiger partial charge in [0, 0.05) is 24.3 Å². The lowest BCUT2D eigenvalue weighted by atomic mass is 9.86. The van der Waals surface area contributed by atoms with Gasteiger partial charge in [-0.05, 0) is 50.9 Å². The third-order valence-corrected chi connectivity index (χ3v) is 4.43. The van der Waals surface area contributed by atoms with E-state index in [-0.39, 0.29) is 5.82 Å². The first-order valence-electron chi connectivity index (χ1n) is 6.74. The standard InChI is InChI=1S/C15H23FN2/c1-10-5-6-13(9-14(10)16)18-8-7-15(17-4)11(2)12(18)3/h5-6,9,11-12,15,17H,7-8H2,1-4H3. The molecule has 1 N–H and O–H groups in total. The Morgan fingerprint density at radius 1 is 1.33 bits per heavy atom. The highest BCUT2D eigenvalue weighted by molar-refractivity contribution is 5.49. The van der Waals surface area contributed by atoms with E-state index in [2.05, 4.69) is 24.1 Å². The van der Waals surface area contributed by atoms with Gasteiger partial charge in [0.1, 0.15) is 5.82 Å². The van der Waals surface area contributed by atoms with E-state index in [1.165, 1.54) is 0 Å². The summed E-state index contributed by atoms with van der Waals surface area (Å²) in [5.41, 5.74) is 1.72. The van der Waals surface area contributed by atoms with Crippen LogP contribution in [0.5, 0.6) is 0 Å². The highest BCUT2D eigenvalue weighted by Crippen LogP contribution is 2.29. The minimum absolute atomic E-state index is 0.108. The van der Waals surface area contributed by atoms with Crippen LogP contribution < -0.4 is 10.2 Å². The van der Waals surface area contributed by atoms with Crippen molar-refractivity contribution >= 4 is 5.69 Å². The van der Waals surface area contributed by atoms with Crippen LogP contribution in [0.1, 0.15) is 25.8 Å². The highest BCUT2D eigenvalue weighted by atomic mass is 19.1. The Morgan fingerprint density at radius 2 is 2.06 bits per heavy atom. The fourth-order valence-electron chi connectivity index (χ4n) is 2.90. The molecule has 3 unspecified atom stereocenters. The lowest BCUT2D eigenvalue weighted by Gasteiger charge is -2.44. The number of rotatable bonds is 2. The fourth-order valence-corrected chi connectivity index (χ4v) is 2.90. The van der Waals surface area contributed by atoms with Gasteiger partial charge in [0.05, 0.1) is 0 Å². The van der Waals surface area contributed by atoms with Crippen molar-refractivity contribution in [3.05, 3.63) is 29.6 Å². The molecule has 0 bridgehead atoms. The minimum atomic E-state index is -0.108. The minimum Gasteiger partial charge on any atom is -0.368 e. The van der Waals surface area contributed by atoms with Crippen LogP contribution in [0.3, 0.4) is 0 Å². The van der Waals surface area contributed by atoms with Crippen LogP contribution in [0, 0.1) is 18.7 Å². The first-order chi connectivity index (χ1) is 8.54. The Balaban J connectivity index is 2.21. The Labute approximate surface area is 109 Å². The Kier molecular flexibility index (Phi) is 3.91. The van der Waals surface area contributed by atoms with Gasteiger partial charge in [0.15, 0.2) is 0 Å². The van der Waals surface area contributed by atoms with E-state index in [0.717, 1.165) is 18.7 Å². The van der Waals surface area contributed by atoms with Gasteiger partial charge < -0.3 is 10.2 Å². The lowest BCUT2D eigenvalue weighted by Crippen LogP contribution is -2.52. The van der Waals surface area contributed by atoms with Gasteiger partial charge in [-0.15, -0.1) is 0 Å². The summed E-state index contributed by atoms with van der Waals surface area (Å²) in [5.74, 6) is 0.455. The second kappa shape index (κ2) is 5.27. The Bertz CT molecular complexity index is 419. The SMILES string of the molecule is CNC1CCN(c2ccc(C)c(F)c2)C(C)C1C. The predicted molar refractivity (Wildman–Crippen MR) is 74.6 cm³/mol. The number of piperidine rings is 1. The van der Waals surface area contributed by atoms with Crippen molar-refractivity contribution in [2.75, 3.05) is 18.5 Å². The third kappa shape index (κ3) is 2.37. The summed E-state index contributed by atoms with van der Waals surface area (Å²) in [4.78, 5) is 2.32. The van der Waals surface area contributed by atoms with Crippen molar-refractivity contribution in [2.45, 2.75) is 39.3 Å². The molecule has 1 saturated heterocycles. The zero-order valence-corrected chi connectivity index (χ0v) is 11.7. The normalized spacial score (nSPS) is 28.5. The van der Waals surface area contributed by atoms with Gasteiger partial charge in [-0.3, -0.25) is 0 Å². The summed E-state index contributed by atoms with van der Waals surface area (Å²) < 4.78 is 13.7. The van der Waals surface area contributed by atoms with E-state index in [4.69, 9.17) is 0 Å². The van der Waals surface area contributed by atoms with Crippen LogP contribution >= 0.6 is 0 Å². The van der Waals surface area contributed by atoms with Crippen LogP contribution in [-0.4, -0.2) is 25.7 Å². The molecule has 100 valence electrons. The first kappa shape index (κ1) is 13.3. The molecule has 3 atom stereocenters. The highest BCUT2D eigenvalue weighted by Gasteiger charge is 2.31. The topological polar surface area (TPSA) is 15.3 Å². The number of benzene rings is 1. The molecule has 0 spiro atoms. The quantitative estimate of drug-likeness (QED) is 0.868. The second-order valence-electron chi connectivity index (χ2n) is 5.41. The lowest BCUT2D eigenvalue weighted by molar-refractivity contribution is 0.282. The fraction of sp³-hybridized carbons (Fsp3) is 0.600. The molecule has 1 aliphatic heterocycles. The largest absolute Gasteiger partial charge is 0.368 e. The average molecular weight is 250 g/mol. The van der Waals surface area contributed by atoms with Crippen LogP contribution in [-0.2, 0) is 0 Å². The third-order valence-electron chi connectivity index (χ3n) is 4.43. The molecule has 0 radical (unpaired) electrons. The van der Waals surface area contributed by atoms with Crippen molar-refractivity contribution < 1.29 is 4.39 Å². The molecule has 0 saturated carbocycles. The van der Waals surface area contributed by atoms with Gasteiger partial charge in [-0.1, -0.05) is 13.0 Å². The van der Waals surface area contributed by atoms with E-state index in [9.17, 15) is 4.39 Å². The maximum atomic E-state index is 13.7. The average Bonchev–Trinajstić information content (AvgIpc) is 2.36. The molecule has 18 heavy (non-hydrogen) atoms. The number of nitrogens with zero attached hydrogens (tertiary/aromatic N) is 1. The predicted octanol–water partition coefficient (Wildman–Crippen LogP) is 2.96. The number of nitrogens with one attached hydrogen (secondary N) is 1. The van der Waals surface area contributed by atoms with Crippen molar-refractivity contribution in [3.63, 3.8) is 0 Å². The Morgan fingerprint density at radius 3 is 2.67 bits per heavy atom. The van der Waals surface area contributed by atoms with E-state index in [1.807, 2.05) is 19.2 Å². The molecular weight excluding hydrogens is 227 g/mol. The zero-order chi connectivity index (χ0) is 13.3.